The fraction of sp³-hybridized carbons (Fsp3) is 0. The Morgan fingerprint density at radius 2 is 0.909 bits per heavy atom. The third-order valence-corrected chi connectivity index (χ3v) is 8.69. The first-order valence-electron chi connectivity index (χ1n) is 14.8. The van der Waals surface area contributed by atoms with Crippen molar-refractivity contribution >= 4 is 43.6 Å². The zero-order valence-electron chi connectivity index (χ0n) is 23.8. The summed E-state index contributed by atoms with van der Waals surface area (Å²) >= 11 is 0. The third-order valence-electron chi connectivity index (χ3n) is 8.69. The Balaban J connectivity index is 1.23. The molecule has 206 valence electrons. The standard InChI is InChI=1S/C40H26N4/c1-3-8-27(9-4-1)28-10-7-13-32(22-28)44-37-16-14-29(23-34(37)33-18-20-42-26-40(33)44)30-15-17-38-35(24-30)36-25-41-21-19-39(36)43(38)31-11-5-2-6-12-31/h1-26H. The molecule has 9 aromatic rings. The van der Waals surface area contributed by atoms with Gasteiger partial charge in [0.1, 0.15) is 0 Å². The Morgan fingerprint density at radius 1 is 0.341 bits per heavy atom. The molecule has 0 aliphatic rings. The molecule has 0 aliphatic heterocycles. The van der Waals surface area contributed by atoms with Gasteiger partial charge in [0.25, 0.3) is 0 Å². The van der Waals surface area contributed by atoms with Crippen LogP contribution in [0.3, 0.4) is 0 Å². The molecule has 0 unspecified atom stereocenters. The van der Waals surface area contributed by atoms with E-state index < -0.39 is 0 Å². The molecule has 4 aromatic heterocycles. The van der Waals surface area contributed by atoms with Gasteiger partial charge in [0, 0.05) is 51.5 Å². The molecular weight excluding hydrogens is 536 g/mol. The van der Waals surface area contributed by atoms with E-state index >= 15 is 0 Å². The molecule has 9 rings (SSSR count). The van der Waals surface area contributed by atoms with Crippen molar-refractivity contribution in [1.29, 1.82) is 0 Å². The van der Waals surface area contributed by atoms with Crippen LogP contribution in [-0.2, 0) is 0 Å². The number of benzene rings is 5. The van der Waals surface area contributed by atoms with Gasteiger partial charge < -0.3 is 9.13 Å². The van der Waals surface area contributed by atoms with Crippen molar-refractivity contribution in [3.05, 3.63) is 158 Å². The second-order valence-electron chi connectivity index (χ2n) is 11.2. The van der Waals surface area contributed by atoms with Crippen LogP contribution in [0.2, 0.25) is 0 Å². The third kappa shape index (κ3) is 3.78. The molecule has 0 N–H and O–H groups in total. The van der Waals surface area contributed by atoms with Crippen LogP contribution in [0.15, 0.2) is 158 Å². The minimum atomic E-state index is 1.09. The maximum Gasteiger partial charge on any atom is 0.0724 e. The van der Waals surface area contributed by atoms with Crippen LogP contribution in [0.25, 0.3) is 77.2 Å². The number of rotatable bonds is 4. The van der Waals surface area contributed by atoms with E-state index in [0.717, 1.165) is 33.3 Å². The molecule has 4 heteroatoms. The van der Waals surface area contributed by atoms with Crippen molar-refractivity contribution in [1.82, 2.24) is 19.1 Å². The summed E-state index contributed by atoms with van der Waals surface area (Å²) in [6, 6.07) is 47.6. The molecule has 0 saturated heterocycles. The average Bonchev–Trinajstić information content (AvgIpc) is 3.61. The summed E-state index contributed by atoms with van der Waals surface area (Å²) < 4.78 is 4.65. The number of fused-ring (bicyclic) bond motifs is 6. The highest BCUT2D eigenvalue weighted by Gasteiger charge is 2.16. The molecule has 0 atom stereocenters. The molecule has 44 heavy (non-hydrogen) atoms. The Kier molecular flexibility index (Phi) is 5.47. The second kappa shape index (κ2) is 9.79. The first-order valence-corrected chi connectivity index (χ1v) is 14.8. The van der Waals surface area contributed by atoms with Crippen molar-refractivity contribution in [2.75, 3.05) is 0 Å². The minimum Gasteiger partial charge on any atom is -0.309 e. The number of pyridine rings is 2. The van der Waals surface area contributed by atoms with Gasteiger partial charge in [-0.15, -0.1) is 0 Å². The largest absolute Gasteiger partial charge is 0.309 e. The molecule has 4 heterocycles. The van der Waals surface area contributed by atoms with E-state index in [4.69, 9.17) is 0 Å². The molecule has 0 saturated carbocycles. The smallest absolute Gasteiger partial charge is 0.0724 e. The van der Waals surface area contributed by atoms with E-state index in [1.807, 2.05) is 24.8 Å². The summed E-state index contributed by atoms with van der Waals surface area (Å²) in [5, 5.41) is 4.74. The summed E-state index contributed by atoms with van der Waals surface area (Å²) in [7, 11) is 0. The summed E-state index contributed by atoms with van der Waals surface area (Å²) in [6.07, 6.45) is 7.71. The molecule has 5 aromatic carbocycles. The Labute approximate surface area is 254 Å². The van der Waals surface area contributed by atoms with Crippen molar-refractivity contribution in [2.45, 2.75) is 0 Å². The van der Waals surface area contributed by atoms with E-state index in [-0.39, 0.29) is 0 Å². The number of aromatic nitrogens is 4. The molecule has 0 spiro atoms. The summed E-state index contributed by atoms with van der Waals surface area (Å²) in [6.45, 7) is 0. The quantitative estimate of drug-likeness (QED) is 0.214. The minimum absolute atomic E-state index is 1.09. The maximum absolute atomic E-state index is 4.52. The highest BCUT2D eigenvalue weighted by atomic mass is 15.0. The number of hydrogen-bond acceptors (Lipinski definition) is 2. The van der Waals surface area contributed by atoms with Gasteiger partial charge in [0.2, 0.25) is 0 Å². The predicted octanol–water partition coefficient (Wildman–Crippen LogP) is 10.0. The molecule has 0 fully saturated rings. The fourth-order valence-electron chi connectivity index (χ4n) is 6.68. The normalized spacial score (nSPS) is 11.6. The molecule has 4 nitrogen and oxygen atoms in total. The van der Waals surface area contributed by atoms with Gasteiger partial charge in [0.05, 0.1) is 28.3 Å². The predicted molar refractivity (Wildman–Crippen MR) is 182 cm³/mol. The van der Waals surface area contributed by atoms with Gasteiger partial charge in [-0.25, -0.2) is 0 Å². The van der Waals surface area contributed by atoms with Crippen LogP contribution in [0.4, 0.5) is 0 Å². The van der Waals surface area contributed by atoms with Crippen molar-refractivity contribution in [3.8, 4) is 33.6 Å². The van der Waals surface area contributed by atoms with E-state index in [2.05, 4.69) is 153 Å². The molecule has 0 amide bonds. The number of nitrogens with zero attached hydrogens (tertiary/aromatic N) is 4. The highest BCUT2D eigenvalue weighted by molar-refractivity contribution is 6.12. The van der Waals surface area contributed by atoms with Crippen molar-refractivity contribution < 1.29 is 0 Å². The molecule has 0 aliphatic carbocycles. The Bertz CT molecular complexity index is 2490. The zero-order chi connectivity index (χ0) is 29.0. The van der Waals surface area contributed by atoms with Gasteiger partial charge in [-0.1, -0.05) is 72.8 Å². The lowest BCUT2D eigenvalue weighted by molar-refractivity contribution is 1.17. The Morgan fingerprint density at radius 3 is 1.68 bits per heavy atom. The first-order chi connectivity index (χ1) is 21.8. The fourth-order valence-corrected chi connectivity index (χ4v) is 6.68. The highest BCUT2D eigenvalue weighted by Crippen LogP contribution is 2.38. The lowest BCUT2D eigenvalue weighted by Crippen LogP contribution is -1.94. The van der Waals surface area contributed by atoms with E-state index in [1.54, 1.807) is 0 Å². The molecular formula is C40H26N4. The molecule has 0 bridgehead atoms. The summed E-state index contributed by atoms with van der Waals surface area (Å²) in [4.78, 5) is 9.00. The number of hydrogen-bond donors (Lipinski definition) is 0. The maximum atomic E-state index is 4.52. The van der Waals surface area contributed by atoms with Gasteiger partial charge >= 0.3 is 0 Å². The lowest BCUT2D eigenvalue weighted by atomic mass is 10.0. The van der Waals surface area contributed by atoms with Crippen LogP contribution in [0.1, 0.15) is 0 Å². The van der Waals surface area contributed by atoms with E-state index in [0.29, 0.717) is 0 Å². The Hall–Kier alpha value is -6.00. The van der Waals surface area contributed by atoms with E-state index in [1.165, 1.54) is 43.9 Å². The SMILES string of the molecule is c1ccc(-c2cccc(-n3c4ccc(-c5ccc6c(c5)c5cnccc5n6-c5ccccc5)cc4c4ccncc43)c2)cc1. The van der Waals surface area contributed by atoms with E-state index in [9.17, 15) is 0 Å². The van der Waals surface area contributed by atoms with Crippen LogP contribution in [0, 0.1) is 0 Å². The summed E-state index contributed by atoms with van der Waals surface area (Å²) in [5.74, 6) is 0. The first kappa shape index (κ1) is 24.6. The van der Waals surface area contributed by atoms with Crippen LogP contribution >= 0.6 is 0 Å². The van der Waals surface area contributed by atoms with Crippen molar-refractivity contribution in [3.63, 3.8) is 0 Å². The topological polar surface area (TPSA) is 35.6 Å². The van der Waals surface area contributed by atoms with Crippen LogP contribution < -0.4 is 0 Å². The van der Waals surface area contributed by atoms with Crippen LogP contribution in [0.5, 0.6) is 0 Å². The van der Waals surface area contributed by atoms with Gasteiger partial charge in [-0.2, -0.15) is 0 Å². The zero-order valence-corrected chi connectivity index (χ0v) is 23.8. The summed E-state index contributed by atoms with van der Waals surface area (Å²) in [5.41, 5.74) is 11.6. The molecule has 0 radical (unpaired) electrons. The monoisotopic (exact) mass is 562 g/mol. The average molecular weight is 563 g/mol. The second-order valence-corrected chi connectivity index (χ2v) is 11.2. The van der Waals surface area contributed by atoms with Crippen molar-refractivity contribution in [2.24, 2.45) is 0 Å². The van der Waals surface area contributed by atoms with Gasteiger partial charge in [-0.05, 0) is 82.9 Å². The van der Waals surface area contributed by atoms with Gasteiger partial charge in [0.15, 0.2) is 0 Å². The lowest BCUT2D eigenvalue weighted by Gasteiger charge is -2.11. The van der Waals surface area contributed by atoms with Crippen LogP contribution in [-0.4, -0.2) is 19.1 Å². The number of para-hydroxylation sites is 1. The van der Waals surface area contributed by atoms with Gasteiger partial charge in [-0.3, -0.25) is 9.97 Å².